The Kier molecular flexibility index (Phi) is 2.41. The van der Waals surface area contributed by atoms with Crippen molar-refractivity contribution in [2.45, 2.75) is 12.5 Å². The molecule has 2 heterocycles. The van der Waals surface area contributed by atoms with E-state index in [4.69, 9.17) is 15.2 Å². The lowest BCUT2D eigenvalue weighted by Crippen LogP contribution is -2.15. The van der Waals surface area contributed by atoms with E-state index in [1.165, 1.54) is 11.3 Å². The van der Waals surface area contributed by atoms with Crippen molar-refractivity contribution in [1.29, 1.82) is 0 Å². The summed E-state index contributed by atoms with van der Waals surface area (Å²) in [6.45, 7) is 1.45. The number of ether oxygens (including phenoxy) is 2. The summed E-state index contributed by atoms with van der Waals surface area (Å²) in [5.74, 6) is 0. The van der Waals surface area contributed by atoms with E-state index in [0.717, 1.165) is 28.9 Å². The van der Waals surface area contributed by atoms with Gasteiger partial charge in [0.15, 0.2) is 0 Å². The number of nitrogens with two attached hydrogens (primary N) is 1. The normalized spacial score (nSPS) is 20.4. The standard InChI is InChI=1S/C11H12N2O2S/c12-7-1-2-9-10(5-7)16-11(13-9)15-8-3-4-14-6-8/h1-2,5,8H,3-4,6,12H2. The van der Waals surface area contributed by atoms with Gasteiger partial charge in [-0.25, -0.2) is 4.98 Å². The van der Waals surface area contributed by atoms with Gasteiger partial charge in [0.2, 0.25) is 0 Å². The summed E-state index contributed by atoms with van der Waals surface area (Å²) in [6.07, 6.45) is 1.09. The fourth-order valence-electron chi connectivity index (χ4n) is 1.72. The second-order valence-corrected chi connectivity index (χ2v) is 4.80. The average Bonchev–Trinajstić information content (AvgIpc) is 2.86. The topological polar surface area (TPSA) is 57.4 Å². The summed E-state index contributed by atoms with van der Waals surface area (Å²) in [5.41, 5.74) is 7.41. The van der Waals surface area contributed by atoms with Crippen LogP contribution in [0.25, 0.3) is 10.2 Å². The largest absolute Gasteiger partial charge is 0.464 e. The molecule has 1 atom stereocenters. The third-order valence-electron chi connectivity index (χ3n) is 2.55. The van der Waals surface area contributed by atoms with Crippen LogP contribution in [-0.4, -0.2) is 24.3 Å². The van der Waals surface area contributed by atoms with Crippen molar-refractivity contribution in [3.05, 3.63) is 18.2 Å². The number of hydrogen-bond donors (Lipinski definition) is 1. The molecule has 1 aromatic heterocycles. The van der Waals surface area contributed by atoms with Gasteiger partial charge in [-0.2, -0.15) is 0 Å². The second-order valence-electron chi connectivity index (χ2n) is 3.81. The number of thiazole rings is 1. The molecule has 2 N–H and O–H groups in total. The zero-order chi connectivity index (χ0) is 11.0. The van der Waals surface area contributed by atoms with Crippen LogP contribution in [0.1, 0.15) is 6.42 Å². The van der Waals surface area contributed by atoms with E-state index < -0.39 is 0 Å². The number of nitrogen functional groups attached to an aromatic ring is 1. The molecule has 1 aliphatic heterocycles. The van der Waals surface area contributed by atoms with E-state index in [-0.39, 0.29) is 6.10 Å². The van der Waals surface area contributed by atoms with E-state index in [1.807, 2.05) is 18.2 Å². The van der Waals surface area contributed by atoms with Gasteiger partial charge in [0.25, 0.3) is 5.19 Å². The molecule has 1 aliphatic rings. The zero-order valence-electron chi connectivity index (χ0n) is 8.68. The fraction of sp³-hybridized carbons (Fsp3) is 0.364. The Hall–Kier alpha value is -1.33. The van der Waals surface area contributed by atoms with Crippen LogP contribution in [-0.2, 0) is 4.74 Å². The summed E-state index contributed by atoms with van der Waals surface area (Å²) in [6, 6.07) is 5.69. The second kappa shape index (κ2) is 3.92. The molecule has 0 amide bonds. The third-order valence-corrected chi connectivity index (χ3v) is 3.46. The van der Waals surface area contributed by atoms with Crippen LogP contribution in [0.15, 0.2) is 18.2 Å². The number of fused-ring (bicyclic) bond motifs is 1. The molecule has 0 radical (unpaired) electrons. The van der Waals surface area contributed by atoms with Crippen LogP contribution in [0.5, 0.6) is 5.19 Å². The minimum atomic E-state index is 0.151. The fourth-order valence-corrected chi connectivity index (χ4v) is 2.65. The summed E-state index contributed by atoms with van der Waals surface area (Å²) < 4.78 is 12.1. The molecule has 0 saturated carbocycles. The minimum Gasteiger partial charge on any atom is -0.464 e. The Morgan fingerprint density at radius 1 is 1.50 bits per heavy atom. The van der Waals surface area contributed by atoms with Gasteiger partial charge in [-0.05, 0) is 18.2 Å². The van der Waals surface area contributed by atoms with Gasteiger partial charge in [0, 0.05) is 12.1 Å². The van der Waals surface area contributed by atoms with Crippen LogP contribution in [0.2, 0.25) is 0 Å². The first-order valence-corrected chi connectivity index (χ1v) is 6.03. The smallest absolute Gasteiger partial charge is 0.274 e. The molecule has 1 fully saturated rings. The zero-order valence-corrected chi connectivity index (χ0v) is 9.50. The highest BCUT2D eigenvalue weighted by Crippen LogP contribution is 2.30. The van der Waals surface area contributed by atoms with E-state index in [9.17, 15) is 0 Å². The predicted molar refractivity (Wildman–Crippen MR) is 63.9 cm³/mol. The summed E-state index contributed by atoms with van der Waals surface area (Å²) in [4.78, 5) is 4.40. The van der Waals surface area contributed by atoms with Gasteiger partial charge >= 0.3 is 0 Å². The third kappa shape index (κ3) is 1.83. The molecule has 1 aromatic carbocycles. The van der Waals surface area contributed by atoms with Crippen LogP contribution < -0.4 is 10.5 Å². The number of rotatable bonds is 2. The first-order valence-electron chi connectivity index (χ1n) is 5.22. The Bertz CT molecular complexity index is 506. The van der Waals surface area contributed by atoms with Crippen molar-refractivity contribution in [3.8, 4) is 5.19 Å². The molecular weight excluding hydrogens is 224 g/mol. The molecule has 0 bridgehead atoms. The molecule has 1 unspecified atom stereocenters. The molecule has 16 heavy (non-hydrogen) atoms. The molecule has 84 valence electrons. The predicted octanol–water partition coefficient (Wildman–Crippen LogP) is 2.05. The highest BCUT2D eigenvalue weighted by molar-refractivity contribution is 7.20. The van der Waals surface area contributed by atoms with Gasteiger partial charge in [-0.3, -0.25) is 0 Å². The Morgan fingerprint density at radius 3 is 3.25 bits per heavy atom. The van der Waals surface area contributed by atoms with Crippen molar-refractivity contribution < 1.29 is 9.47 Å². The van der Waals surface area contributed by atoms with Gasteiger partial charge in [0.1, 0.15) is 6.10 Å². The van der Waals surface area contributed by atoms with Crippen LogP contribution in [0.4, 0.5) is 5.69 Å². The van der Waals surface area contributed by atoms with Gasteiger partial charge in [0.05, 0.1) is 23.4 Å². The van der Waals surface area contributed by atoms with Gasteiger partial charge < -0.3 is 15.2 Å². The first-order chi connectivity index (χ1) is 7.81. The summed E-state index contributed by atoms with van der Waals surface area (Å²) >= 11 is 1.53. The highest BCUT2D eigenvalue weighted by Gasteiger charge is 2.18. The Labute approximate surface area is 97.0 Å². The van der Waals surface area contributed by atoms with Crippen molar-refractivity contribution >= 4 is 27.2 Å². The van der Waals surface area contributed by atoms with Crippen LogP contribution >= 0.6 is 11.3 Å². The maximum atomic E-state index is 5.74. The molecule has 3 rings (SSSR count). The average molecular weight is 236 g/mol. The van der Waals surface area contributed by atoms with Crippen molar-refractivity contribution in [2.75, 3.05) is 18.9 Å². The van der Waals surface area contributed by atoms with E-state index in [0.29, 0.717) is 11.8 Å². The molecular formula is C11H12N2O2S. The van der Waals surface area contributed by atoms with Crippen molar-refractivity contribution in [2.24, 2.45) is 0 Å². The number of hydrogen-bond acceptors (Lipinski definition) is 5. The number of anilines is 1. The Balaban J connectivity index is 1.86. The van der Waals surface area contributed by atoms with Gasteiger partial charge in [-0.1, -0.05) is 11.3 Å². The van der Waals surface area contributed by atoms with E-state index in [1.54, 1.807) is 0 Å². The van der Waals surface area contributed by atoms with Crippen molar-refractivity contribution in [1.82, 2.24) is 4.98 Å². The molecule has 4 nitrogen and oxygen atoms in total. The highest BCUT2D eigenvalue weighted by atomic mass is 32.1. The number of benzene rings is 1. The number of aromatic nitrogens is 1. The van der Waals surface area contributed by atoms with E-state index in [2.05, 4.69) is 4.98 Å². The summed E-state index contributed by atoms with van der Waals surface area (Å²) in [7, 11) is 0. The lowest BCUT2D eigenvalue weighted by atomic mass is 10.3. The maximum Gasteiger partial charge on any atom is 0.274 e. The maximum absolute atomic E-state index is 5.74. The first kappa shape index (κ1) is 9.86. The van der Waals surface area contributed by atoms with Gasteiger partial charge in [-0.15, -0.1) is 0 Å². The number of nitrogens with zero attached hydrogens (tertiary/aromatic N) is 1. The molecule has 5 heteroatoms. The monoisotopic (exact) mass is 236 g/mol. The Morgan fingerprint density at radius 2 is 2.44 bits per heavy atom. The summed E-state index contributed by atoms with van der Waals surface area (Å²) in [5, 5.41) is 0.705. The lowest BCUT2D eigenvalue weighted by Gasteiger charge is -2.06. The lowest BCUT2D eigenvalue weighted by molar-refractivity contribution is 0.141. The molecule has 1 saturated heterocycles. The van der Waals surface area contributed by atoms with E-state index >= 15 is 0 Å². The minimum absolute atomic E-state index is 0.151. The van der Waals surface area contributed by atoms with Crippen molar-refractivity contribution in [3.63, 3.8) is 0 Å². The molecule has 0 spiro atoms. The van der Waals surface area contributed by atoms with Crippen LogP contribution in [0.3, 0.4) is 0 Å². The SMILES string of the molecule is Nc1ccc2nc(OC3CCOC3)sc2c1. The molecule has 0 aliphatic carbocycles. The quantitative estimate of drug-likeness (QED) is 0.811. The van der Waals surface area contributed by atoms with Crippen LogP contribution in [0, 0.1) is 0 Å². The molecule has 2 aromatic rings.